The summed E-state index contributed by atoms with van der Waals surface area (Å²) in [6.07, 6.45) is 1.49. The van der Waals surface area contributed by atoms with Gasteiger partial charge in [-0.1, -0.05) is 11.6 Å². The van der Waals surface area contributed by atoms with Crippen molar-refractivity contribution in [2.75, 3.05) is 13.2 Å². The van der Waals surface area contributed by atoms with E-state index < -0.39 is 5.82 Å². The van der Waals surface area contributed by atoms with Gasteiger partial charge in [-0.25, -0.2) is 9.37 Å². The topological polar surface area (TPSA) is 44.1 Å². The Morgan fingerprint density at radius 2 is 2.15 bits per heavy atom. The van der Waals surface area contributed by atoms with E-state index in [9.17, 15) is 9.18 Å². The van der Waals surface area contributed by atoms with E-state index in [0.717, 1.165) is 13.2 Å². The van der Waals surface area contributed by atoms with Crippen LogP contribution in [0.15, 0.2) is 23.3 Å². The van der Waals surface area contributed by atoms with Gasteiger partial charge in [0.2, 0.25) is 0 Å². The van der Waals surface area contributed by atoms with Gasteiger partial charge in [0, 0.05) is 12.6 Å². The van der Waals surface area contributed by atoms with E-state index in [1.807, 2.05) is 0 Å². The van der Waals surface area contributed by atoms with Crippen molar-refractivity contribution in [2.45, 2.75) is 6.54 Å². The van der Waals surface area contributed by atoms with Crippen molar-refractivity contribution in [3.8, 4) is 0 Å². The van der Waals surface area contributed by atoms with Gasteiger partial charge in [0.15, 0.2) is 0 Å². The van der Waals surface area contributed by atoms with E-state index >= 15 is 0 Å². The number of halogens is 2. The predicted molar refractivity (Wildman–Crippen MR) is 72.3 cm³/mol. The molecule has 0 radical (unpaired) electrons. The quantitative estimate of drug-likeness (QED) is 0.852. The van der Waals surface area contributed by atoms with Gasteiger partial charge in [0.1, 0.15) is 5.82 Å². The van der Waals surface area contributed by atoms with Crippen LogP contribution < -0.4 is 5.56 Å². The zero-order valence-electron chi connectivity index (χ0n) is 10.6. The maximum Gasteiger partial charge on any atom is 0.261 e. The van der Waals surface area contributed by atoms with Crippen LogP contribution in [0, 0.1) is 23.6 Å². The van der Waals surface area contributed by atoms with Crippen LogP contribution in [-0.2, 0) is 11.3 Å². The number of aromatic nitrogens is 2. The zero-order chi connectivity index (χ0) is 13.9. The molecule has 1 aromatic carbocycles. The van der Waals surface area contributed by atoms with Gasteiger partial charge in [0.25, 0.3) is 5.56 Å². The first kappa shape index (κ1) is 12.3. The van der Waals surface area contributed by atoms with Gasteiger partial charge >= 0.3 is 0 Å². The van der Waals surface area contributed by atoms with E-state index in [4.69, 9.17) is 16.3 Å². The van der Waals surface area contributed by atoms with Gasteiger partial charge in [-0.15, -0.1) is 0 Å². The van der Waals surface area contributed by atoms with Crippen LogP contribution in [0.25, 0.3) is 10.9 Å². The van der Waals surface area contributed by atoms with E-state index in [0.29, 0.717) is 35.2 Å². The molecule has 2 unspecified atom stereocenters. The molecular weight excluding hydrogens is 283 g/mol. The number of benzene rings is 1. The lowest BCUT2D eigenvalue weighted by Crippen LogP contribution is -2.23. The minimum atomic E-state index is -0.558. The summed E-state index contributed by atoms with van der Waals surface area (Å²) in [4.78, 5) is 16.5. The zero-order valence-corrected chi connectivity index (χ0v) is 11.3. The van der Waals surface area contributed by atoms with E-state index in [1.54, 1.807) is 4.57 Å². The number of fused-ring (bicyclic) bond motifs is 2. The van der Waals surface area contributed by atoms with E-state index in [2.05, 4.69) is 4.98 Å². The first-order valence-electron chi connectivity index (χ1n) is 6.57. The molecule has 2 aliphatic rings. The highest BCUT2D eigenvalue weighted by Crippen LogP contribution is 2.51. The van der Waals surface area contributed by atoms with Gasteiger partial charge in [-0.05, 0) is 23.8 Å². The van der Waals surface area contributed by atoms with Gasteiger partial charge in [0.05, 0.1) is 35.5 Å². The number of rotatable bonds is 2. The Morgan fingerprint density at radius 3 is 2.90 bits per heavy atom. The second-order valence-electron chi connectivity index (χ2n) is 5.51. The fourth-order valence-corrected chi connectivity index (χ4v) is 3.30. The lowest BCUT2D eigenvalue weighted by molar-refractivity contribution is 0.148. The number of hydrogen-bond donors (Lipinski definition) is 0. The third kappa shape index (κ3) is 1.77. The summed E-state index contributed by atoms with van der Waals surface area (Å²) < 4.78 is 20.3. The maximum atomic E-state index is 13.4. The van der Waals surface area contributed by atoms with Crippen molar-refractivity contribution >= 4 is 22.5 Å². The average molecular weight is 295 g/mol. The Balaban J connectivity index is 1.72. The Kier molecular flexibility index (Phi) is 2.62. The SMILES string of the molecule is O=c1c2cc(Cl)c(F)cc2ncn1CC1C2COCC21. The summed E-state index contributed by atoms with van der Waals surface area (Å²) >= 11 is 5.74. The predicted octanol–water partition coefficient (Wildman–Crippen LogP) is 2.08. The van der Waals surface area contributed by atoms with Crippen LogP contribution >= 0.6 is 11.6 Å². The largest absolute Gasteiger partial charge is 0.381 e. The first-order chi connectivity index (χ1) is 9.65. The molecule has 4 rings (SSSR count). The van der Waals surface area contributed by atoms with Crippen LogP contribution in [-0.4, -0.2) is 22.8 Å². The summed E-state index contributed by atoms with van der Waals surface area (Å²) in [5.41, 5.74) is 0.176. The summed E-state index contributed by atoms with van der Waals surface area (Å²) in [5, 5.41) is 0.312. The molecule has 0 N–H and O–H groups in total. The van der Waals surface area contributed by atoms with E-state index in [-0.39, 0.29) is 10.6 Å². The Bertz CT molecular complexity index is 751. The van der Waals surface area contributed by atoms with Crippen LogP contribution in [0.3, 0.4) is 0 Å². The van der Waals surface area contributed by atoms with Crippen LogP contribution in [0.5, 0.6) is 0 Å². The summed E-state index contributed by atoms with van der Waals surface area (Å²) in [7, 11) is 0. The molecule has 2 fully saturated rings. The smallest absolute Gasteiger partial charge is 0.261 e. The molecule has 1 saturated carbocycles. The standard InChI is InChI=1S/C14H12ClFN2O2/c15-11-1-7-13(2-12(11)16)17-6-18(14(7)19)3-8-9-4-20-5-10(8)9/h1-2,6,8-10H,3-5H2. The maximum absolute atomic E-state index is 13.4. The molecule has 0 spiro atoms. The van der Waals surface area contributed by atoms with Crippen LogP contribution in [0.4, 0.5) is 4.39 Å². The van der Waals surface area contributed by atoms with Crippen molar-refractivity contribution < 1.29 is 9.13 Å². The molecule has 2 atom stereocenters. The van der Waals surface area contributed by atoms with Crippen molar-refractivity contribution in [1.29, 1.82) is 0 Å². The Hall–Kier alpha value is -1.46. The van der Waals surface area contributed by atoms with E-state index in [1.165, 1.54) is 18.5 Å². The molecule has 6 heteroatoms. The fraction of sp³-hybridized carbons (Fsp3) is 0.429. The molecule has 1 aliphatic heterocycles. The number of nitrogens with zero attached hydrogens (tertiary/aromatic N) is 2. The molecule has 0 amide bonds. The van der Waals surface area contributed by atoms with Crippen LogP contribution in [0.1, 0.15) is 0 Å². The second kappa shape index (κ2) is 4.27. The van der Waals surface area contributed by atoms with Gasteiger partial charge < -0.3 is 4.74 Å². The molecule has 1 saturated heterocycles. The molecule has 104 valence electrons. The van der Waals surface area contributed by atoms with Gasteiger partial charge in [-0.3, -0.25) is 9.36 Å². The van der Waals surface area contributed by atoms with Gasteiger partial charge in [-0.2, -0.15) is 0 Å². The Morgan fingerprint density at radius 1 is 1.40 bits per heavy atom. The lowest BCUT2D eigenvalue weighted by Gasteiger charge is -2.08. The first-order valence-corrected chi connectivity index (χ1v) is 6.95. The lowest BCUT2D eigenvalue weighted by atomic mass is 10.2. The van der Waals surface area contributed by atoms with Crippen molar-refractivity contribution in [3.05, 3.63) is 39.7 Å². The molecule has 0 bridgehead atoms. The minimum Gasteiger partial charge on any atom is -0.381 e. The third-order valence-electron chi connectivity index (χ3n) is 4.40. The molecule has 20 heavy (non-hydrogen) atoms. The minimum absolute atomic E-state index is 0.0501. The highest BCUT2D eigenvalue weighted by molar-refractivity contribution is 6.31. The van der Waals surface area contributed by atoms with Crippen molar-refractivity contribution in [3.63, 3.8) is 0 Å². The molecule has 1 aromatic heterocycles. The molecule has 2 aromatic rings. The summed E-state index contributed by atoms with van der Waals surface area (Å²) in [6.45, 7) is 2.24. The highest BCUT2D eigenvalue weighted by Gasteiger charge is 2.53. The third-order valence-corrected chi connectivity index (χ3v) is 4.69. The van der Waals surface area contributed by atoms with Crippen molar-refractivity contribution in [1.82, 2.24) is 9.55 Å². The number of ether oxygens (including phenoxy) is 1. The fourth-order valence-electron chi connectivity index (χ4n) is 3.14. The van der Waals surface area contributed by atoms with Crippen LogP contribution in [0.2, 0.25) is 5.02 Å². The second-order valence-corrected chi connectivity index (χ2v) is 5.92. The summed E-state index contributed by atoms with van der Waals surface area (Å²) in [6, 6.07) is 2.55. The summed E-state index contributed by atoms with van der Waals surface area (Å²) in [5.74, 6) is 1.10. The molecule has 2 heterocycles. The monoisotopic (exact) mass is 294 g/mol. The highest BCUT2D eigenvalue weighted by atomic mass is 35.5. The average Bonchev–Trinajstić information content (AvgIpc) is 2.85. The molecule has 4 nitrogen and oxygen atoms in total. The van der Waals surface area contributed by atoms with Crippen molar-refractivity contribution in [2.24, 2.45) is 17.8 Å². The number of hydrogen-bond acceptors (Lipinski definition) is 3. The Labute approximate surface area is 119 Å². The molecule has 1 aliphatic carbocycles. The normalized spacial score (nSPS) is 27.8. The molecular formula is C14H12ClFN2O2.